The Labute approximate surface area is 64.6 Å². The number of aliphatic hydroxyl groups is 1. The van der Waals surface area contributed by atoms with Gasteiger partial charge in [-0.15, -0.1) is 0 Å². The van der Waals surface area contributed by atoms with E-state index in [2.05, 4.69) is 5.32 Å². The van der Waals surface area contributed by atoms with Crippen molar-refractivity contribution >= 4 is 6.09 Å². The average Bonchev–Trinajstić information content (AvgIpc) is 2.04. The molecule has 1 saturated heterocycles. The molecule has 64 valence electrons. The molecule has 1 heterocycles. The van der Waals surface area contributed by atoms with Crippen LogP contribution in [0.1, 0.15) is 0 Å². The molecule has 5 nitrogen and oxygen atoms in total. The van der Waals surface area contributed by atoms with Crippen LogP contribution < -0.4 is 5.32 Å². The van der Waals surface area contributed by atoms with Crippen molar-refractivity contribution in [1.82, 2.24) is 10.2 Å². The number of hydrogen-bond donors (Lipinski definition) is 3. The van der Waals surface area contributed by atoms with E-state index in [0.29, 0.717) is 19.6 Å². The highest BCUT2D eigenvalue weighted by Crippen LogP contribution is 2.01. The van der Waals surface area contributed by atoms with E-state index in [1.54, 1.807) is 0 Å². The van der Waals surface area contributed by atoms with Crippen LogP contribution in [0.5, 0.6) is 0 Å². The normalized spacial score (nSPS) is 25.2. The lowest BCUT2D eigenvalue weighted by Gasteiger charge is -2.32. The fraction of sp³-hybridized carbons (Fsp3) is 0.833. The highest BCUT2D eigenvalue weighted by Gasteiger charge is 2.24. The second kappa shape index (κ2) is 3.54. The van der Waals surface area contributed by atoms with Crippen molar-refractivity contribution in [2.45, 2.75) is 6.04 Å². The van der Waals surface area contributed by atoms with E-state index in [9.17, 15) is 4.79 Å². The number of aliphatic hydroxyl groups excluding tert-OH is 1. The zero-order chi connectivity index (χ0) is 8.27. The number of hydrogen-bond acceptors (Lipinski definition) is 3. The quantitative estimate of drug-likeness (QED) is 0.456. The Morgan fingerprint density at radius 1 is 1.73 bits per heavy atom. The topological polar surface area (TPSA) is 72.8 Å². The molecule has 0 radical (unpaired) electrons. The Kier molecular flexibility index (Phi) is 2.67. The van der Waals surface area contributed by atoms with Gasteiger partial charge in [0.2, 0.25) is 0 Å². The van der Waals surface area contributed by atoms with Crippen LogP contribution in [-0.2, 0) is 0 Å². The fourth-order valence-electron chi connectivity index (χ4n) is 1.18. The minimum Gasteiger partial charge on any atom is -0.465 e. The molecular formula is C6H12N2O3. The Bertz CT molecular complexity index is 151. The molecule has 1 rings (SSSR count). The zero-order valence-corrected chi connectivity index (χ0v) is 6.16. The molecule has 0 aromatic rings. The van der Waals surface area contributed by atoms with E-state index < -0.39 is 6.09 Å². The lowest BCUT2D eigenvalue weighted by atomic mass is 10.2. The van der Waals surface area contributed by atoms with Crippen LogP contribution in [0, 0.1) is 0 Å². The Morgan fingerprint density at radius 3 is 2.91 bits per heavy atom. The van der Waals surface area contributed by atoms with E-state index in [1.807, 2.05) is 0 Å². The molecule has 1 amide bonds. The molecule has 1 aliphatic rings. The molecule has 0 aromatic heterocycles. The molecule has 3 N–H and O–H groups in total. The number of nitrogens with zero attached hydrogens (tertiary/aromatic N) is 1. The monoisotopic (exact) mass is 160 g/mol. The summed E-state index contributed by atoms with van der Waals surface area (Å²) in [7, 11) is 0. The van der Waals surface area contributed by atoms with E-state index in [-0.39, 0.29) is 12.6 Å². The molecule has 0 bridgehead atoms. The molecule has 1 fully saturated rings. The number of carboxylic acid groups (broad SMARTS) is 1. The summed E-state index contributed by atoms with van der Waals surface area (Å²) < 4.78 is 0. The van der Waals surface area contributed by atoms with Crippen LogP contribution in [0.4, 0.5) is 4.79 Å². The Balaban J connectivity index is 2.51. The van der Waals surface area contributed by atoms with Crippen molar-refractivity contribution in [2.75, 3.05) is 26.2 Å². The van der Waals surface area contributed by atoms with Crippen LogP contribution in [0.3, 0.4) is 0 Å². The summed E-state index contributed by atoms with van der Waals surface area (Å²) in [4.78, 5) is 11.8. The van der Waals surface area contributed by atoms with Gasteiger partial charge in [-0.05, 0) is 0 Å². The number of nitrogens with one attached hydrogen (secondary N) is 1. The predicted molar refractivity (Wildman–Crippen MR) is 38.5 cm³/mol. The summed E-state index contributed by atoms with van der Waals surface area (Å²) in [5.41, 5.74) is 0. The maximum atomic E-state index is 10.5. The predicted octanol–water partition coefficient (Wildman–Crippen LogP) is -1.07. The van der Waals surface area contributed by atoms with Gasteiger partial charge in [0, 0.05) is 19.6 Å². The standard InChI is InChI=1S/C6H12N2O3/c9-4-5-3-7-1-2-8(5)6(10)11/h5,7,9H,1-4H2,(H,10,11)/t5-/m1/s1. The number of amides is 1. The minimum absolute atomic E-state index is 0.112. The smallest absolute Gasteiger partial charge is 0.407 e. The van der Waals surface area contributed by atoms with E-state index in [1.165, 1.54) is 4.90 Å². The molecule has 0 saturated carbocycles. The molecule has 0 unspecified atom stereocenters. The first kappa shape index (κ1) is 8.29. The summed E-state index contributed by atoms with van der Waals surface area (Å²) in [6.45, 7) is 1.56. The van der Waals surface area contributed by atoms with Crippen LogP contribution in [0.25, 0.3) is 0 Å². The third-order valence-corrected chi connectivity index (χ3v) is 1.81. The summed E-state index contributed by atoms with van der Waals surface area (Å²) >= 11 is 0. The first-order valence-electron chi connectivity index (χ1n) is 3.57. The fourth-order valence-corrected chi connectivity index (χ4v) is 1.18. The van der Waals surface area contributed by atoms with Crippen molar-refractivity contribution in [2.24, 2.45) is 0 Å². The van der Waals surface area contributed by atoms with E-state index >= 15 is 0 Å². The number of piperazine rings is 1. The van der Waals surface area contributed by atoms with Crippen molar-refractivity contribution < 1.29 is 15.0 Å². The van der Waals surface area contributed by atoms with Gasteiger partial charge in [-0.25, -0.2) is 4.79 Å². The first-order valence-corrected chi connectivity index (χ1v) is 3.57. The second-order valence-electron chi connectivity index (χ2n) is 2.52. The van der Waals surface area contributed by atoms with Crippen molar-refractivity contribution in [3.63, 3.8) is 0 Å². The number of carbonyl (C=O) groups is 1. The number of rotatable bonds is 1. The van der Waals surface area contributed by atoms with Crippen molar-refractivity contribution in [3.05, 3.63) is 0 Å². The van der Waals surface area contributed by atoms with Crippen LogP contribution in [0.15, 0.2) is 0 Å². The maximum absolute atomic E-state index is 10.5. The third-order valence-electron chi connectivity index (χ3n) is 1.81. The second-order valence-corrected chi connectivity index (χ2v) is 2.52. The van der Waals surface area contributed by atoms with Crippen molar-refractivity contribution in [3.8, 4) is 0 Å². The molecule has 1 atom stereocenters. The van der Waals surface area contributed by atoms with Gasteiger partial charge in [0.1, 0.15) is 0 Å². The van der Waals surface area contributed by atoms with Gasteiger partial charge >= 0.3 is 6.09 Å². The van der Waals surface area contributed by atoms with Gasteiger partial charge < -0.3 is 20.4 Å². The van der Waals surface area contributed by atoms with E-state index in [0.717, 1.165) is 0 Å². The Morgan fingerprint density at radius 2 is 2.45 bits per heavy atom. The lowest BCUT2D eigenvalue weighted by Crippen LogP contribution is -2.54. The summed E-state index contributed by atoms with van der Waals surface area (Å²) in [6, 6.07) is -0.277. The zero-order valence-electron chi connectivity index (χ0n) is 6.16. The molecule has 5 heteroatoms. The maximum Gasteiger partial charge on any atom is 0.407 e. The van der Waals surface area contributed by atoms with Gasteiger partial charge in [0.05, 0.1) is 12.6 Å². The van der Waals surface area contributed by atoms with Crippen LogP contribution in [-0.4, -0.2) is 53.5 Å². The van der Waals surface area contributed by atoms with Crippen LogP contribution >= 0.6 is 0 Å². The molecule has 0 aliphatic carbocycles. The van der Waals surface area contributed by atoms with Gasteiger partial charge in [-0.3, -0.25) is 0 Å². The molecule has 0 aromatic carbocycles. The first-order chi connectivity index (χ1) is 5.25. The molecule has 0 spiro atoms. The van der Waals surface area contributed by atoms with Gasteiger partial charge in [0.25, 0.3) is 0 Å². The van der Waals surface area contributed by atoms with Gasteiger partial charge in [0.15, 0.2) is 0 Å². The third kappa shape index (κ3) is 1.81. The Hall–Kier alpha value is -0.810. The highest BCUT2D eigenvalue weighted by atomic mass is 16.4. The van der Waals surface area contributed by atoms with Crippen LogP contribution in [0.2, 0.25) is 0 Å². The lowest BCUT2D eigenvalue weighted by molar-refractivity contribution is 0.0846. The highest BCUT2D eigenvalue weighted by molar-refractivity contribution is 5.65. The van der Waals surface area contributed by atoms with Gasteiger partial charge in [-0.2, -0.15) is 0 Å². The summed E-state index contributed by atoms with van der Waals surface area (Å²) in [5.74, 6) is 0. The average molecular weight is 160 g/mol. The molecule has 1 aliphatic heterocycles. The molecular weight excluding hydrogens is 148 g/mol. The van der Waals surface area contributed by atoms with Crippen molar-refractivity contribution in [1.29, 1.82) is 0 Å². The minimum atomic E-state index is -0.953. The van der Waals surface area contributed by atoms with E-state index in [4.69, 9.17) is 10.2 Å². The largest absolute Gasteiger partial charge is 0.465 e. The summed E-state index contributed by atoms with van der Waals surface area (Å²) in [6.07, 6.45) is -0.953. The SMILES string of the molecule is O=C(O)N1CCNC[C@@H]1CO. The summed E-state index contributed by atoms with van der Waals surface area (Å²) in [5, 5.41) is 20.4. The van der Waals surface area contributed by atoms with Gasteiger partial charge in [-0.1, -0.05) is 0 Å². The molecule has 11 heavy (non-hydrogen) atoms.